The predicted molar refractivity (Wildman–Crippen MR) is 227 cm³/mol. The van der Waals surface area contributed by atoms with Gasteiger partial charge in [-0.05, 0) is 123 Å². The fraction of sp³-hybridized carbons (Fsp3) is 0.429. The smallest absolute Gasteiger partial charge is 0.137 e. The standard InChI is InChI=1S/C49H60N4O/c1-11-12-15-36-22-23-50-46(26-36)52-43-17-14-13-16-41(43)42-20-19-39(30-45(42)52)54-40-28-37(49(8,9)10)27-38(29-40)53-44(21-18-31(2)3)48(35(7)51-53)47-33(5)24-32(4)25-34(47)6/h13-14,16-17,19-20,22-24,26-32,34,47H,11-12,15,18,21,25H2,1-10H3/t32-,34-,47-/m0/s1. The van der Waals surface area contributed by atoms with E-state index in [0.29, 0.717) is 23.7 Å². The molecule has 7 rings (SSSR count). The van der Waals surface area contributed by atoms with Gasteiger partial charge in [0.05, 0.1) is 22.4 Å². The minimum absolute atomic E-state index is 0.0879. The molecule has 0 aliphatic heterocycles. The first-order chi connectivity index (χ1) is 25.8. The average molecular weight is 721 g/mol. The molecule has 282 valence electrons. The molecule has 0 bridgehead atoms. The lowest BCUT2D eigenvalue weighted by molar-refractivity contribution is 0.389. The number of allylic oxidation sites excluding steroid dienone is 2. The number of hydrogen-bond acceptors (Lipinski definition) is 3. The van der Waals surface area contributed by atoms with Crippen LogP contribution >= 0.6 is 0 Å². The molecule has 3 atom stereocenters. The van der Waals surface area contributed by atoms with Crippen LogP contribution in [-0.2, 0) is 18.3 Å². The molecule has 0 N–H and O–H groups in total. The minimum atomic E-state index is -0.0879. The molecule has 0 saturated carbocycles. The Balaban J connectivity index is 1.34. The first-order valence-corrected chi connectivity index (χ1v) is 20.4. The third kappa shape index (κ3) is 7.52. The van der Waals surface area contributed by atoms with Gasteiger partial charge in [-0.2, -0.15) is 5.10 Å². The van der Waals surface area contributed by atoms with Crippen molar-refractivity contribution in [2.24, 2.45) is 17.8 Å². The number of pyridine rings is 1. The van der Waals surface area contributed by atoms with E-state index in [-0.39, 0.29) is 5.41 Å². The van der Waals surface area contributed by atoms with Crippen molar-refractivity contribution in [3.05, 3.63) is 119 Å². The summed E-state index contributed by atoms with van der Waals surface area (Å²) in [6, 6.07) is 26.3. The highest BCUT2D eigenvalue weighted by molar-refractivity contribution is 6.09. The van der Waals surface area contributed by atoms with Crippen LogP contribution in [0.2, 0.25) is 0 Å². The molecule has 0 spiro atoms. The molecule has 54 heavy (non-hydrogen) atoms. The number of rotatable bonds is 11. The van der Waals surface area contributed by atoms with Gasteiger partial charge in [-0.15, -0.1) is 0 Å². The van der Waals surface area contributed by atoms with Crippen LogP contribution in [0, 0.1) is 24.7 Å². The summed E-state index contributed by atoms with van der Waals surface area (Å²) in [6.45, 7) is 23.1. The van der Waals surface area contributed by atoms with Crippen LogP contribution in [0.4, 0.5) is 0 Å². The summed E-state index contributed by atoms with van der Waals surface area (Å²) in [5, 5.41) is 7.75. The number of unbranched alkanes of at least 4 members (excludes halogenated alkanes) is 1. The normalized spacial score (nSPS) is 17.8. The van der Waals surface area contributed by atoms with E-state index in [1.165, 1.54) is 58.0 Å². The summed E-state index contributed by atoms with van der Waals surface area (Å²) in [5.74, 6) is 4.73. The summed E-state index contributed by atoms with van der Waals surface area (Å²) in [6.07, 6.45) is 11.1. The first-order valence-electron chi connectivity index (χ1n) is 20.4. The number of ether oxygens (including phenoxy) is 1. The van der Waals surface area contributed by atoms with Crippen LogP contribution in [0.5, 0.6) is 11.5 Å². The van der Waals surface area contributed by atoms with E-state index in [9.17, 15) is 0 Å². The summed E-state index contributed by atoms with van der Waals surface area (Å²) in [5.41, 5.74) is 11.1. The van der Waals surface area contributed by atoms with E-state index in [2.05, 4.69) is 157 Å². The summed E-state index contributed by atoms with van der Waals surface area (Å²) in [7, 11) is 0. The molecule has 5 nitrogen and oxygen atoms in total. The largest absolute Gasteiger partial charge is 0.457 e. The fourth-order valence-corrected chi connectivity index (χ4v) is 8.89. The maximum Gasteiger partial charge on any atom is 0.137 e. The molecular weight excluding hydrogens is 661 g/mol. The van der Waals surface area contributed by atoms with E-state index in [1.807, 2.05) is 6.20 Å². The van der Waals surface area contributed by atoms with Gasteiger partial charge >= 0.3 is 0 Å². The molecule has 0 radical (unpaired) electrons. The van der Waals surface area contributed by atoms with Crippen molar-refractivity contribution in [1.29, 1.82) is 0 Å². The van der Waals surface area contributed by atoms with Crippen LogP contribution in [0.15, 0.2) is 90.6 Å². The highest BCUT2D eigenvalue weighted by Crippen LogP contribution is 2.44. The molecule has 1 aliphatic carbocycles. The molecule has 0 fully saturated rings. The third-order valence-electron chi connectivity index (χ3n) is 11.6. The van der Waals surface area contributed by atoms with Crippen molar-refractivity contribution in [1.82, 2.24) is 19.3 Å². The van der Waals surface area contributed by atoms with Crippen molar-refractivity contribution >= 4 is 21.8 Å². The van der Waals surface area contributed by atoms with E-state index in [1.54, 1.807) is 0 Å². The lowest BCUT2D eigenvalue weighted by Gasteiger charge is -2.33. The Kier molecular flexibility index (Phi) is 10.6. The second-order valence-electron chi connectivity index (χ2n) is 17.6. The van der Waals surface area contributed by atoms with Crippen molar-refractivity contribution < 1.29 is 4.74 Å². The van der Waals surface area contributed by atoms with Crippen molar-refractivity contribution in [3.8, 4) is 23.0 Å². The Morgan fingerprint density at radius 1 is 0.870 bits per heavy atom. The van der Waals surface area contributed by atoms with E-state index >= 15 is 0 Å². The monoisotopic (exact) mass is 720 g/mol. The van der Waals surface area contributed by atoms with E-state index < -0.39 is 0 Å². The zero-order valence-electron chi connectivity index (χ0n) is 34.3. The zero-order valence-corrected chi connectivity index (χ0v) is 34.3. The minimum Gasteiger partial charge on any atom is -0.457 e. The van der Waals surface area contributed by atoms with Crippen LogP contribution in [-0.4, -0.2) is 19.3 Å². The van der Waals surface area contributed by atoms with Gasteiger partial charge in [0.15, 0.2) is 0 Å². The molecule has 3 heterocycles. The molecule has 6 aromatic rings. The number of aryl methyl sites for hydroxylation is 2. The van der Waals surface area contributed by atoms with E-state index in [4.69, 9.17) is 14.8 Å². The SMILES string of the molecule is CCCCc1ccnc(-n2c3ccccc3c3ccc(Oc4cc(-n5nc(C)c([C@H]6C(C)=C[C@H](C)C[C@@H]6C)c5CCC(C)C)cc(C(C)(C)C)c4)cc32)c1. The Bertz CT molecular complexity index is 2310. The number of fused-ring (bicyclic) bond motifs is 3. The quantitative estimate of drug-likeness (QED) is 0.125. The second kappa shape index (κ2) is 15.2. The van der Waals surface area contributed by atoms with Crippen LogP contribution < -0.4 is 4.74 Å². The van der Waals surface area contributed by atoms with Gasteiger partial charge < -0.3 is 4.74 Å². The molecule has 0 saturated heterocycles. The fourth-order valence-electron chi connectivity index (χ4n) is 8.89. The van der Waals surface area contributed by atoms with Crippen molar-refractivity contribution in [2.75, 3.05) is 0 Å². The Morgan fingerprint density at radius 2 is 1.65 bits per heavy atom. The third-order valence-corrected chi connectivity index (χ3v) is 11.6. The van der Waals surface area contributed by atoms with Gasteiger partial charge in [0.1, 0.15) is 17.3 Å². The number of nitrogens with zero attached hydrogens (tertiary/aromatic N) is 4. The highest BCUT2D eigenvalue weighted by atomic mass is 16.5. The zero-order chi connectivity index (χ0) is 38.3. The Morgan fingerprint density at radius 3 is 2.39 bits per heavy atom. The van der Waals surface area contributed by atoms with Crippen LogP contribution in [0.3, 0.4) is 0 Å². The van der Waals surface area contributed by atoms with Gasteiger partial charge in [0.2, 0.25) is 0 Å². The maximum absolute atomic E-state index is 6.90. The highest BCUT2D eigenvalue weighted by Gasteiger charge is 2.33. The van der Waals surface area contributed by atoms with Crippen molar-refractivity contribution in [2.45, 2.75) is 119 Å². The van der Waals surface area contributed by atoms with Gasteiger partial charge in [-0.25, -0.2) is 9.67 Å². The lowest BCUT2D eigenvalue weighted by Crippen LogP contribution is -2.21. The summed E-state index contributed by atoms with van der Waals surface area (Å²) >= 11 is 0. The molecule has 3 aromatic heterocycles. The Labute approximate surface area is 323 Å². The molecular formula is C49H60N4O. The summed E-state index contributed by atoms with van der Waals surface area (Å²) in [4.78, 5) is 4.89. The van der Waals surface area contributed by atoms with Gasteiger partial charge in [0.25, 0.3) is 0 Å². The summed E-state index contributed by atoms with van der Waals surface area (Å²) < 4.78 is 11.5. The predicted octanol–water partition coefficient (Wildman–Crippen LogP) is 13.4. The average Bonchev–Trinajstić information content (AvgIpc) is 3.62. The van der Waals surface area contributed by atoms with Crippen LogP contribution in [0.25, 0.3) is 33.3 Å². The van der Waals surface area contributed by atoms with E-state index in [0.717, 1.165) is 59.0 Å². The van der Waals surface area contributed by atoms with Gasteiger partial charge in [-0.3, -0.25) is 4.57 Å². The number of aromatic nitrogens is 4. The number of para-hydroxylation sites is 1. The first kappa shape index (κ1) is 37.7. The van der Waals surface area contributed by atoms with Crippen LogP contribution in [0.1, 0.15) is 122 Å². The number of hydrogen-bond donors (Lipinski definition) is 0. The molecule has 3 aromatic carbocycles. The lowest BCUT2D eigenvalue weighted by atomic mass is 9.72. The van der Waals surface area contributed by atoms with Crippen molar-refractivity contribution in [3.63, 3.8) is 0 Å². The second-order valence-corrected chi connectivity index (χ2v) is 17.6. The molecule has 1 aliphatic rings. The maximum atomic E-state index is 6.90. The topological polar surface area (TPSA) is 44.9 Å². The molecule has 0 amide bonds. The molecule has 5 heteroatoms. The van der Waals surface area contributed by atoms with Gasteiger partial charge in [0, 0.05) is 46.3 Å². The number of benzene rings is 3. The molecule has 0 unspecified atom stereocenters. The van der Waals surface area contributed by atoms with Gasteiger partial charge in [-0.1, -0.05) is 91.7 Å². The Hall–Kier alpha value is -4.64.